The van der Waals surface area contributed by atoms with Crippen molar-refractivity contribution in [3.63, 3.8) is 0 Å². The quantitative estimate of drug-likeness (QED) is 0.782. The average molecular weight is 345 g/mol. The van der Waals surface area contributed by atoms with E-state index < -0.39 is 0 Å². The smallest absolute Gasteiger partial charge is 0.179 e. The molecule has 1 fully saturated rings. The van der Waals surface area contributed by atoms with Crippen molar-refractivity contribution < 1.29 is 9.13 Å². The summed E-state index contributed by atoms with van der Waals surface area (Å²) in [6.45, 7) is 10.1. The Labute approximate surface area is 128 Å². The maximum absolute atomic E-state index is 14.2. The fourth-order valence-electron chi connectivity index (χ4n) is 2.65. The van der Waals surface area contributed by atoms with E-state index in [1.165, 1.54) is 0 Å². The maximum atomic E-state index is 14.2. The standard InChI is InChI=1S/C13H16BrFN2O.C2H6/c1-8-4-9-6-17-3-2-16-5-10(17)7-18-13(9)12(15)11(8)14;1-2/h4,10,16H,2-3,5-7H2,1H3;1-2H3. The molecular formula is C15H22BrFN2O. The van der Waals surface area contributed by atoms with Crippen molar-refractivity contribution in [1.29, 1.82) is 0 Å². The third-order valence-electron chi connectivity index (χ3n) is 3.69. The number of hydrogen-bond acceptors (Lipinski definition) is 3. The van der Waals surface area contributed by atoms with Crippen LogP contribution in [-0.4, -0.2) is 37.2 Å². The number of fused-ring (bicyclic) bond motifs is 2. The minimum atomic E-state index is -0.266. The molecule has 0 spiro atoms. The second-order valence-electron chi connectivity index (χ2n) is 4.95. The van der Waals surface area contributed by atoms with Gasteiger partial charge >= 0.3 is 0 Å². The van der Waals surface area contributed by atoms with Crippen LogP contribution in [0.15, 0.2) is 10.5 Å². The fraction of sp³-hybridized carbons (Fsp3) is 0.600. The number of rotatable bonds is 0. The normalized spacial score (nSPS) is 21.8. The summed E-state index contributed by atoms with van der Waals surface area (Å²) in [4.78, 5) is 2.37. The molecule has 1 unspecified atom stereocenters. The number of aryl methyl sites for hydroxylation is 1. The van der Waals surface area contributed by atoms with Gasteiger partial charge in [0.25, 0.3) is 0 Å². The minimum Gasteiger partial charge on any atom is -0.488 e. The van der Waals surface area contributed by atoms with Gasteiger partial charge in [0.15, 0.2) is 11.6 Å². The van der Waals surface area contributed by atoms with E-state index in [-0.39, 0.29) is 5.82 Å². The molecule has 1 saturated heterocycles. The van der Waals surface area contributed by atoms with Crippen LogP contribution in [0.2, 0.25) is 0 Å². The lowest BCUT2D eigenvalue weighted by atomic mass is 10.1. The highest BCUT2D eigenvalue weighted by atomic mass is 79.9. The zero-order valence-corrected chi connectivity index (χ0v) is 13.9. The van der Waals surface area contributed by atoms with Gasteiger partial charge in [-0.3, -0.25) is 4.90 Å². The third-order valence-corrected chi connectivity index (χ3v) is 4.66. The van der Waals surface area contributed by atoms with Gasteiger partial charge in [-0.1, -0.05) is 13.8 Å². The predicted molar refractivity (Wildman–Crippen MR) is 82.7 cm³/mol. The van der Waals surface area contributed by atoms with E-state index in [1.54, 1.807) is 0 Å². The van der Waals surface area contributed by atoms with Gasteiger partial charge < -0.3 is 10.1 Å². The van der Waals surface area contributed by atoms with Gasteiger partial charge in [0.05, 0.1) is 10.5 Å². The number of piperazine rings is 1. The van der Waals surface area contributed by atoms with Crippen LogP contribution in [0.5, 0.6) is 5.75 Å². The molecule has 0 amide bonds. The summed E-state index contributed by atoms with van der Waals surface area (Å²) in [6.07, 6.45) is 0. The Kier molecular flexibility index (Phi) is 5.41. The molecule has 0 aromatic heterocycles. The summed E-state index contributed by atoms with van der Waals surface area (Å²) >= 11 is 3.28. The summed E-state index contributed by atoms with van der Waals surface area (Å²) in [7, 11) is 0. The third kappa shape index (κ3) is 3.00. The van der Waals surface area contributed by atoms with Crippen LogP contribution in [0.3, 0.4) is 0 Å². The number of nitrogens with one attached hydrogen (secondary N) is 1. The van der Waals surface area contributed by atoms with Gasteiger partial charge in [-0.05, 0) is 34.5 Å². The molecule has 1 atom stereocenters. The van der Waals surface area contributed by atoms with E-state index in [0.717, 1.165) is 37.3 Å². The molecule has 2 aliphatic rings. The molecule has 2 heterocycles. The molecular weight excluding hydrogens is 323 g/mol. The monoisotopic (exact) mass is 344 g/mol. The van der Waals surface area contributed by atoms with Crippen LogP contribution in [0, 0.1) is 12.7 Å². The molecule has 3 rings (SSSR count). The maximum Gasteiger partial charge on any atom is 0.179 e. The van der Waals surface area contributed by atoms with Crippen LogP contribution in [0.25, 0.3) is 0 Å². The van der Waals surface area contributed by atoms with E-state index in [1.807, 2.05) is 26.8 Å². The molecule has 20 heavy (non-hydrogen) atoms. The molecule has 0 aliphatic carbocycles. The number of ether oxygens (including phenoxy) is 1. The van der Waals surface area contributed by atoms with Gasteiger partial charge in [0.2, 0.25) is 0 Å². The summed E-state index contributed by atoms with van der Waals surface area (Å²) in [5.41, 5.74) is 1.88. The lowest BCUT2D eigenvalue weighted by Gasteiger charge is -2.33. The van der Waals surface area contributed by atoms with E-state index >= 15 is 0 Å². The van der Waals surface area contributed by atoms with Gasteiger partial charge in [-0.15, -0.1) is 0 Å². The van der Waals surface area contributed by atoms with Gasteiger partial charge in [-0.25, -0.2) is 4.39 Å². The number of nitrogens with zero attached hydrogens (tertiary/aromatic N) is 1. The molecule has 0 saturated carbocycles. The largest absolute Gasteiger partial charge is 0.488 e. The van der Waals surface area contributed by atoms with Crippen molar-refractivity contribution in [1.82, 2.24) is 10.2 Å². The van der Waals surface area contributed by atoms with Gasteiger partial charge in [-0.2, -0.15) is 0 Å². The lowest BCUT2D eigenvalue weighted by Crippen LogP contribution is -2.52. The molecule has 1 aromatic rings. The zero-order chi connectivity index (χ0) is 14.7. The van der Waals surface area contributed by atoms with E-state index in [9.17, 15) is 4.39 Å². The Bertz CT molecular complexity index is 481. The molecule has 3 nitrogen and oxygen atoms in total. The fourth-order valence-corrected chi connectivity index (χ4v) is 2.95. The van der Waals surface area contributed by atoms with Crippen LogP contribution in [0.4, 0.5) is 4.39 Å². The van der Waals surface area contributed by atoms with Crippen LogP contribution in [0.1, 0.15) is 25.0 Å². The summed E-state index contributed by atoms with van der Waals surface area (Å²) in [6, 6.07) is 2.36. The highest BCUT2D eigenvalue weighted by Gasteiger charge is 2.29. The molecule has 112 valence electrons. The lowest BCUT2D eigenvalue weighted by molar-refractivity contribution is 0.119. The van der Waals surface area contributed by atoms with Crippen molar-refractivity contribution in [3.8, 4) is 5.75 Å². The first-order chi connectivity index (χ1) is 9.66. The second kappa shape index (κ2) is 6.87. The highest BCUT2D eigenvalue weighted by Crippen LogP contribution is 2.35. The van der Waals surface area contributed by atoms with Crippen LogP contribution < -0.4 is 10.1 Å². The first kappa shape index (κ1) is 15.7. The summed E-state index contributed by atoms with van der Waals surface area (Å²) in [5, 5.41) is 3.35. The zero-order valence-electron chi connectivity index (χ0n) is 12.3. The van der Waals surface area contributed by atoms with Crippen LogP contribution >= 0.6 is 15.9 Å². The number of benzene rings is 1. The second-order valence-corrected chi connectivity index (χ2v) is 5.74. The minimum absolute atomic E-state index is 0.266. The Morgan fingerprint density at radius 3 is 2.95 bits per heavy atom. The van der Waals surface area contributed by atoms with Crippen molar-refractivity contribution in [2.24, 2.45) is 0 Å². The Morgan fingerprint density at radius 2 is 2.20 bits per heavy atom. The van der Waals surface area contributed by atoms with Crippen LogP contribution in [-0.2, 0) is 6.54 Å². The van der Waals surface area contributed by atoms with Gasteiger partial charge in [0, 0.05) is 31.7 Å². The molecule has 0 radical (unpaired) electrons. The molecule has 1 aromatic carbocycles. The summed E-state index contributed by atoms with van der Waals surface area (Å²) in [5.74, 6) is 0.152. The number of halogens is 2. The summed E-state index contributed by atoms with van der Waals surface area (Å²) < 4.78 is 20.4. The Balaban J connectivity index is 0.000000704. The van der Waals surface area contributed by atoms with E-state index in [0.29, 0.717) is 22.9 Å². The molecule has 5 heteroatoms. The first-order valence-electron chi connectivity index (χ1n) is 7.22. The number of hydrogen-bond donors (Lipinski definition) is 1. The predicted octanol–water partition coefficient (Wildman–Crippen LogP) is 3.09. The van der Waals surface area contributed by atoms with Crippen molar-refractivity contribution in [2.75, 3.05) is 26.2 Å². The topological polar surface area (TPSA) is 24.5 Å². The van der Waals surface area contributed by atoms with E-state index in [2.05, 4.69) is 26.1 Å². The average Bonchev–Trinajstić information content (AvgIpc) is 2.66. The van der Waals surface area contributed by atoms with Crippen molar-refractivity contribution >= 4 is 15.9 Å². The molecule has 0 bridgehead atoms. The van der Waals surface area contributed by atoms with Gasteiger partial charge in [0.1, 0.15) is 6.61 Å². The van der Waals surface area contributed by atoms with Crippen molar-refractivity contribution in [2.45, 2.75) is 33.4 Å². The van der Waals surface area contributed by atoms with E-state index in [4.69, 9.17) is 4.74 Å². The molecule has 1 N–H and O–H groups in total. The Morgan fingerprint density at radius 1 is 1.45 bits per heavy atom. The first-order valence-corrected chi connectivity index (χ1v) is 8.01. The SMILES string of the molecule is CC.Cc1cc2c(c(F)c1Br)OCC1CNCCN1C2. The Hall–Kier alpha value is -0.650. The van der Waals surface area contributed by atoms with Crippen molar-refractivity contribution in [3.05, 3.63) is 27.5 Å². The highest BCUT2D eigenvalue weighted by molar-refractivity contribution is 9.10. The molecule has 2 aliphatic heterocycles.